The van der Waals surface area contributed by atoms with Crippen LogP contribution >= 0.6 is 11.8 Å². The van der Waals surface area contributed by atoms with Crippen LogP contribution in [0.1, 0.15) is 118 Å². The van der Waals surface area contributed by atoms with Crippen molar-refractivity contribution in [2.24, 2.45) is 28.1 Å². The first kappa shape index (κ1) is 38.8. The molecular formula is C37H56O12S. The predicted octanol–water partition coefficient (Wildman–Crippen LogP) is 5.05. The van der Waals surface area contributed by atoms with E-state index in [2.05, 4.69) is 0 Å². The first-order valence-corrected chi connectivity index (χ1v) is 19.6. The lowest BCUT2D eigenvalue weighted by atomic mass is 9.74. The Kier molecular flexibility index (Phi) is 11.9. The van der Waals surface area contributed by atoms with Gasteiger partial charge in [0.05, 0.1) is 40.8 Å². The van der Waals surface area contributed by atoms with Crippen molar-refractivity contribution in [3.8, 4) is 0 Å². The lowest BCUT2D eigenvalue weighted by Gasteiger charge is -2.41. The van der Waals surface area contributed by atoms with Gasteiger partial charge in [0.25, 0.3) is 0 Å². The van der Waals surface area contributed by atoms with Crippen molar-refractivity contribution in [1.29, 1.82) is 0 Å². The topological polar surface area (TPSA) is 161 Å². The number of carbonyl (C=O) groups is 5. The van der Waals surface area contributed by atoms with Crippen LogP contribution in [-0.4, -0.2) is 89.9 Å². The summed E-state index contributed by atoms with van der Waals surface area (Å²) >= 11 is 1.63. The molecule has 13 heteroatoms. The second-order valence-electron chi connectivity index (χ2n) is 16.6. The van der Waals surface area contributed by atoms with Crippen LogP contribution in [0.5, 0.6) is 0 Å². The molecule has 0 aromatic rings. The van der Waals surface area contributed by atoms with Crippen LogP contribution in [0.2, 0.25) is 0 Å². The molecule has 0 radical (unpaired) electrons. The number of hydrogen-bond donors (Lipinski definition) is 1. The molecule has 2 heterocycles. The molecule has 1 N–H and O–H groups in total. The zero-order chi connectivity index (χ0) is 36.4. The Labute approximate surface area is 299 Å². The van der Waals surface area contributed by atoms with Crippen molar-refractivity contribution in [3.05, 3.63) is 0 Å². The highest BCUT2D eigenvalue weighted by atomic mass is 32.2. The first-order chi connectivity index (χ1) is 23.5. The maximum absolute atomic E-state index is 14.2. The summed E-state index contributed by atoms with van der Waals surface area (Å²) in [6, 6.07) is 0. The Morgan fingerprint density at radius 3 is 2.26 bits per heavy atom. The van der Waals surface area contributed by atoms with Gasteiger partial charge in [0.2, 0.25) is 12.4 Å². The fraction of sp³-hybridized carbons (Fsp3) is 0.865. The molecule has 4 aliphatic carbocycles. The molecule has 6 fully saturated rings. The van der Waals surface area contributed by atoms with Gasteiger partial charge < -0.3 is 33.5 Å². The monoisotopic (exact) mass is 724 g/mol. The minimum atomic E-state index is -0.924. The number of aliphatic hydroxyl groups is 1. The zero-order valence-corrected chi connectivity index (χ0v) is 31.2. The molecule has 6 rings (SSSR count). The van der Waals surface area contributed by atoms with Crippen molar-refractivity contribution in [3.63, 3.8) is 0 Å². The van der Waals surface area contributed by atoms with Crippen LogP contribution in [-0.2, 0) is 52.4 Å². The number of esters is 5. The molecule has 2 saturated heterocycles. The van der Waals surface area contributed by atoms with Crippen molar-refractivity contribution in [1.82, 2.24) is 0 Å². The van der Waals surface area contributed by atoms with E-state index in [1.54, 1.807) is 32.5 Å². The number of carbonyl (C=O) groups excluding carboxylic acids is 5. The summed E-state index contributed by atoms with van der Waals surface area (Å²) in [5.41, 5.74) is -4.12. The lowest BCUT2D eigenvalue weighted by Crippen LogP contribution is -2.45. The SMILES string of the molecule is CCC(C)(CCCC(C)(CCCC(C)(C)C(=O)OC1CCOC1=O)C(=O)OC12CC3CC(C1)C(O)(C3)C2)C(=O)OCC(=O)OC1CSCCO1. The highest BCUT2D eigenvalue weighted by Gasteiger charge is 2.65. The number of rotatable bonds is 17. The minimum absolute atomic E-state index is 0.159. The molecule has 4 bridgehead atoms. The van der Waals surface area contributed by atoms with Crippen LogP contribution in [0.3, 0.4) is 0 Å². The van der Waals surface area contributed by atoms with Crippen molar-refractivity contribution >= 4 is 41.6 Å². The van der Waals surface area contributed by atoms with Gasteiger partial charge in [-0.1, -0.05) is 19.8 Å². The number of cyclic esters (lactones) is 1. The van der Waals surface area contributed by atoms with Gasteiger partial charge in [0, 0.05) is 18.6 Å². The van der Waals surface area contributed by atoms with Gasteiger partial charge in [-0.25, -0.2) is 9.59 Å². The standard InChI is InChI=1S/C37H56O12S/c1-6-34(4,31(41)46-21-27(38)48-28-22-50-16-15-44-28)11-8-13-35(5,12-7-10-33(2,3)30(40)47-26-9-14-45-29(26)39)32(42)49-36-18-24-17-25(20-36)37(43,19-24)23-36/h24-26,28,43H,6-23H2,1-5H3. The molecule has 8 unspecified atom stereocenters. The summed E-state index contributed by atoms with van der Waals surface area (Å²) in [5, 5.41) is 11.2. The number of ether oxygens (including phenoxy) is 6. The molecule has 50 heavy (non-hydrogen) atoms. The Hall–Kier alpha value is -2.38. The van der Waals surface area contributed by atoms with E-state index in [-0.39, 0.29) is 18.5 Å². The highest BCUT2D eigenvalue weighted by Crippen LogP contribution is 2.63. The summed E-state index contributed by atoms with van der Waals surface area (Å²) in [4.78, 5) is 64.6. The highest BCUT2D eigenvalue weighted by molar-refractivity contribution is 7.99. The quantitative estimate of drug-likeness (QED) is 0.157. The van der Waals surface area contributed by atoms with E-state index in [4.69, 9.17) is 28.4 Å². The van der Waals surface area contributed by atoms with E-state index in [9.17, 15) is 29.1 Å². The summed E-state index contributed by atoms with van der Waals surface area (Å²) in [7, 11) is 0. The fourth-order valence-corrected chi connectivity index (χ4v) is 9.48. The maximum atomic E-state index is 14.2. The largest absolute Gasteiger partial charge is 0.463 e. The van der Waals surface area contributed by atoms with Gasteiger partial charge in [-0.2, -0.15) is 11.8 Å². The second-order valence-corrected chi connectivity index (χ2v) is 17.8. The van der Waals surface area contributed by atoms with Crippen molar-refractivity contribution in [2.45, 2.75) is 142 Å². The molecule has 6 aliphatic rings. The smallest absolute Gasteiger partial charge is 0.347 e. The number of thioether (sulfide) groups is 1. The molecule has 8 atom stereocenters. The average molecular weight is 725 g/mol. The van der Waals surface area contributed by atoms with Crippen LogP contribution < -0.4 is 0 Å². The molecule has 12 nitrogen and oxygen atoms in total. The van der Waals surface area contributed by atoms with Gasteiger partial charge in [-0.15, -0.1) is 0 Å². The molecule has 2 aliphatic heterocycles. The normalized spacial score (nSPS) is 32.5. The molecule has 4 saturated carbocycles. The van der Waals surface area contributed by atoms with Gasteiger partial charge in [0.15, 0.2) is 6.61 Å². The van der Waals surface area contributed by atoms with E-state index in [0.717, 1.165) is 25.0 Å². The van der Waals surface area contributed by atoms with E-state index >= 15 is 0 Å². The lowest BCUT2D eigenvalue weighted by molar-refractivity contribution is -0.184. The van der Waals surface area contributed by atoms with E-state index in [0.29, 0.717) is 82.5 Å². The van der Waals surface area contributed by atoms with Crippen LogP contribution in [0.15, 0.2) is 0 Å². The third kappa shape index (κ3) is 8.80. The summed E-state index contributed by atoms with van der Waals surface area (Å²) in [5.74, 6) is -0.595. The van der Waals surface area contributed by atoms with E-state index in [1.807, 2.05) is 13.8 Å². The van der Waals surface area contributed by atoms with Gasteiger partial charge in [0.1, 0.15) is 5.60 Å². The number of hydrogen-bond acceptors (Lipinski definition) is 13. The van der Waals surface area contributed by atoms with Gasteiger partial charge in [-0.3, -0.25) is 14.4 Å². The molecule has 0 amide bonds. The Balaban J connectivity index is 1.19. The third-order valence-electron chi connectivity index (χ3n) is 12.0. The fourth-order valence-electron chi connectivity index (χ4n) is 8.75. The Bertz CT molecular complexity index is 1300. The zero-order valence-electron chi connectivity index (χ0n) is 30.4. The van der Waals surface area contributed by atoms with Crippen LogP contribution in [0.4, 0.5) is 0 Å². The van der Waals surface area contributed by atoms with E-state index < -0.39 is 70.3 Å². The first-order valence-electron chi connectivity index (χ1n) is 18.4. The Morgan fingerprint density at radius 1 is 0.920 bits per heavy atom. The van der Waals surface area contributed by atoms with Crippen molar-refractivity contribution < 1.29 is 57.5 Å². The van der Waals surface area contributed by atoms with Crippen LogP contribution in [0, 0.1) is 28.1 Å². The van der Waals surface area contributed by atoms with Gasteiger partial charge >= 0.3 is 29.8 Å². The molecule has 0 aromatic carbocycles. The summed E-state index contributed by atoms with van der Waals surface area (Å²) < 4.78 is 32.9. The average Bonchev–Trinajstić information content (AvgIpc) is 3.63. The van der Waals surface area contributed by atoms with Crippen LogP contribution in [0.25, 0.3) is 0 Å². The third-order valence-corrected chi connectivity index (χ3v) is 13.0. The van der Waals surface area contributed by atoms with Gasteiger partial charge in [-0.05, 0) is 97.3 Å². The molecular weight excluding hydrogens is 668 g/mol. The minimum Gasteiger partial charge on any atom is -0.463 e. The molecule has 0 aromatic heterocycles. The van der Waals surface area contributed by atoms with E-state index in [1.165, 1.54) is 0 Å². The molecule has 0 spiro atoms. The second kappa shape index (κ2) is 15.3. The van der Waals surface area contributed by atoms with Crippen molar-refractivity contribution in [2.75, 3.05) is 31.3 Å². The summed E-state index contributed by atoms with van der Waals surface area (Å²) in [6.45, 7) is 9.35. The Morgan fingerprint density at radius 2 is 1.64 bits per heavy atom. The molecule has 282 valence electrons. The maximum Gasteiger partial charge on any atom is 0.347 e. The summed E-state index contributed by atoms with van der Waals surface area (Å²) in [6.07, 6.45) is 5.69. The predicted molar refractivity (Wildman–Crippen MR) is 181 cm³/mol.